The molecule has 1 heterocycles. The van der Waals surface area contributed by atoms with Crippen molar-refractivity contribution >= 4 is 38.6 Å². The SMILES string of the molecule is Nc1nc2ccc(C=NNc3ccccc3)cc2s1. The summed E-state index contributed by atoms with van der Waals surface area (Å²) in [4.78, 5) is 4.22. The number of hydrogen-bond donors (Lipinski definition) is 2. The number of hydrogen-bond acceptors (Lipinski definition) is 5. The van der Waals surface area contributed by atoms with E-state index in [1.54, 1.807) is 6.21 Å². The molecule has 0 fully saturated rings. The van der Waals surface area contributed by atoms with Crippen LogP contribution < -0.4 is 11.2 Å². The van der Waals surface area contributed by atoms with Gasteiger partial charge in [-0.25, -0.2) is 4.98 Å². The summed E-state index contributed by atoms with van der Waals surface area (Å²) in [6.45, 7) is 0. The molecule has 3 rings (SSSR count). The minimum absolute atomic E-state index is 0.589. The van der Waals surface area contributed by atoms with E-state index in [-0.39, 0.29) is 0 Å². The number of hydrazone groups is 1. The number of benzene rings is 2. The summed E-state index contributed by atoms with van der Waals surface area (Å²) < 4.78 is 1.07. The average molecular weight is 268 g/mol. The standard InChI is InChI=1S/C14H12N4S/c15-14-17-12-7-6-10(8-13(12)19-14)9-16-18-11-4-2-1-3-5-11/h1-9,18H,(H2,15,17). The van der Waals surface area contributed by atoms with Crippen molar-refractivity contribution < 1.29 is 0 Å². The van der Waals surface area contributed by atoms with Gasteiger partial charge < -0.3 is 5.73 Å². The Morgan fingerprint density at radius 3 is 2.84 bits per heavy atom. The Balaban J connectivity index is 1.77. The van der Waals surface area contributed by atoms with E-state index in [1.807, 2.05) is 48.5 Å². The van der Waals surface area contributed by atoms with Crippen molar-refractivity contribution in [1.82, 2.24) is 4.98 Å². The maximum atomic E-state index is 5.68. The van der Waals surface area contributed by atoms with E-state index in [1.165, 1.54) is 11.3 Å². The molecular weight excluding hydrogens is 256 g/mol. The molecule has 0 bridgehead atoms. The highest BCUT2D eigenvalue weighted by Crippen LogP contribution is 2.24. The second kappa shape index (κ2) is 5.07. The Bertz CT molecular complexity index is 719. The molecule has 4 nitrogen and oxygen atoms in total. The predicted molar refractivity (Wildman–Crippen MR) is 81.7 cm³/mol. The first kappa shape index (κ1) is 11.7. The molecule has 0 radical (unpaired) electrons. The van der Waals surface area contributed by atoms with Gasteiger partial charge in [0.1, 0.15) is 0 Å². The summed E-state index contributed by atoms with van der Waals surface area (Å²) in [6.07, 6.45) is 1.78. The van der Waals surface area contributed by atoms with Crippen LogP contribution in [0, 0.1) is 0 Å². The number of anilines is 2. The number of rotatable bonds is 3. The van der Waals surface area contributed by atoms with Crippen molar-refractivity contribution in [3.05, 3.63) is 54.1 Å². The van der Waals surface area contributed by atoms with Crippen LogP contribution in [0.4, 0.5) is 10.8 Å². The van der Waals surface area contributed by atoms with Crippen LogP contribution in [0.25, 0.3) is 10.2 Å². The van der Waals surface area contributed by atoms with Crippen LogP contribution in [0.3, 0.4) is 0 Å². The fourth-order valence-corrected chi connectivity index (χ4v) is 2.52. The first-order valence-electron chi connectivity index (χ1n) is 5.81. The maximum absolute atomic E-state index is 5.68. The zero-order chi connectivity index (χ0) is 13.1. The lowest BCUT2D eigenvalue weighted by molar-refractivity contribution is 1.35. The second-order valence-electron chi connectivity index (χ2n) is 4.02. The lowest BCUT2D eigenvalue weighted by Crippen LogP contribution is -1.89. The Labute approximate surface area is 114 Å². The quantitative estimate of drug-likeness (QED) is 0.565. The van der Waals surface area contributed by atoms with E-state index >= 15 is 0 Å². The van der Waals surface area contributed by atoms with Gasteiger partial charge in [-0.05, 0) is 29.8 Å². The molecular formula is C14H12N4S. The van der Waals surface area contributed by atoms with E-state index < -0.39 is 0 Å². The Kier molecular flexibility index (Phi) is 3.12. The Morgan fingerprint density at radius 1 is 1.16 bits per heavy atom. The molecule has 94 valence electrons. The first-order valence-corrected chi connectivity index (χ1v) is 6.63. The largest absolute Gasteiger partial charge is 0.375 e. The molecule has 3 aromatic rings. The molecule has 0 spiro atoms. The van der Waals surface area contributed by atoms with Gasteiger partial charge in [-0.3, -0.25) is 5.43 Å². The van der Waals surface area contributed by atoms with Gasteiger partial charge in [0.05, 0.1) is 22.1 Å². The normalized spacial score (nSPS) is 11.2. The van der Waals surface area contributed by atoms with E-state index in [0.717, 1.165) is 21.5 Å². The molecule has 0 unspecified atom stereocenters. The number of nitrogens with one attached hydrogen (secondary N) is 1. The van der Waals surface area contributed by atoms with Crippen LogP contribution in [0.1, 0.15) is 5.56 Å². The fourth-order valence-electron chi connectivity index (χ4n) is 1.73. The topological polar surface area (TPSA) is 63.3 Å². The molecule has 0 aliphatic heterocycles. The molecule has 5 heteroatoms. The zero-order valence-corrected chi connectivity index (χ0v) is 10.9. The first-order chi connectivity index (χ1) is 9.31. The number of thiazole rings is 1. The van der Waals surface area contributed by atoms with Crippen molar-refractivity contribution in [3.63, 3.8) is 0 Å². The average Bonchev–Trinajstić information content (AvgIpc) is 2.79. The van der Waals surface area contributed by atoms with E-state index in [2.05, 4.69) is 15.5 Å². The summed E-state index contributed by atoms with van der Waals surface area (Å²) >= 11 is 1.48. The molecule has 3 N–H and O–H groups in total. The van der Waals surface area contributed by atoms with Crippen molar-refractivity contribution in [3.8, 4) is 0 Å². The fraction of sp³-hybridized carbons (Fsp3) is 0. The number of nitrogens with zero attached hydrogens (tertiary/aromatic N) is 2. The monoisotopic (exact) mass is 268 g/mol. The molecule has 0 saturated carbocycles. The van der Waals surface area contributed by atoms with Gasteiger partial charge in [0.2, 0.25) is 0 Å². The van der Waals surface area contributed by atoms with Crippen molar-refractivity contribution in [2.75, 3.05) is 11.2 Å². The highest BCUT2D eigenvalue weighted by atomic mass is 32.1. The number of nitrogens with two attached hydrogens (primary N) is 1. The van der Waals surface area contributed by atoms with E-state index in [0.29, 0.717) is 5.13 Å². The molecule has 19 heavy (non-hydrogen) atoms. The summed E-state index contributed by atoms with van der Waals surface area (Å²) in [5.41, 5.74) is 11.6. The van der Waals surface area contributed by atoms with Crippen LogP contribution in [0.2, 0.25) is 0 Å². The highest BCUT2D eigenvalue weighted by molar-refractivity contribution is 7.22. The van der Waals surface area contributed by atoms with Crippen LogP contribution in [0.5, 0.6) is 0 Å². The summed E-state index contributed by atoms with van der Waals surface area (Å²) in [5.74, 6) is 0. The lowest BCUT2D eigenvalue weighted by Gasteiger charge is -1.98. The third kappa shape index (κ3) is 2.71. The van der Waals surface area contributed by atoms with E-state index in [4.69, 9.17) is 5.73 Å². The van der Waals surface area contributed by atoms with Crippen LogP contribution in [0.15, 0.2) is 53.6 Å². The Hall–Kier alpha value is -2.40. The number of fused-ring (bicyclic) bond motifs is 1. The van der Waals surface area contributed by atoms with Gasteiger partial charge in [0, 0.05) is 0 Å². The molecule has 0 aliphatic carbocycles. The summed E-state index contributed by atoms with van der Waals surface area (Å²) in [7, 11) is 0. The molecule has 0 aliphatic rings. The molecule has 0 saturated heterocycles. The zero-order valence-electron chi connectivity index (χ0n) is 10.1. The molecule has 2 aromatic carbocycles. The van der Waals surface area contributed by atoms with E-state index in [9.17, 15) is 0 Å². The second-order valence-corrected chi connectivity index (χ2v) is 5.08. The molecule has 0 amide bonds. The number of para-hydroxylation sites is 1. The molecule has 0 atom stereocenters. The van der Waals surface area contributed by atoms with Crippen LogP contribution >= 0.6 is 11.3 Å². The maximum Gasteiger partial charge on any atom is 0.181 e. The lowest BCUT2D eigenvalue weighted by atomic mass is 10.2. The van der Waals surface area contributed by atoms with Crippen molar-refractivity contribution in [1.29, 1.82) is 0 Å². The number of aromatic nitrogens is 1. The highest BCUT2D eigenvalue weighted by Gasteiger charge is 2.00. The van der Waals surface area contributed by atoms with Crippen molar-refractivity contribution in [2.24, 2.45) is 5.10 Å². The smallest absolute Gasteiger partial charge is 0.181 e. The van der Waals surface area contributed by atoms with Gasteiger partial charge in [0.15, 0.2) is 5.13 Å². The minimum atomic E-state index is 0.589. The Morgan fingerprint density at radius 2 is 2.00 bits per heavy atom. The van der Waals surface area contributed by atoms with Gasteiger partial charge in [-0.2, -0.15) is 5.10 Å². The van der Waals surface area contributed by atoms with Gasteiger partial charge in [-0.15, -0.1) is 0 Å². The number of nitrogen functional groups attached to an aromatic ring is 1. The molecule has 1 aromatic heterocycles. The van der Waals surface area contributed by atoms with Crippen LogP contribution in [-0.4, -0.2) is 11.2 Å². The van der Waals surface area contributed by atoms with Gasteiger partial charge >= 0.3 is 0 Å². The van der Waals surface area contributed by atoms with Crippen molar-refractivity contribution in [2.45, 2.75) is 0 Å². The third-order valence-corrected chi connectivity index (χ3v) is 3.46. The third-order valence-electron chi connectivity index (χ3n) is 2.61. The predicted octanol–water partition coefficient (Wildman–Crippen LogP) is 3.32. The minimum Gasteiger partial charge on any atom is -0.375 e. The summed E-state index contributed by atoms with van der Waals surface area (Å²) in [5, 5.41) is 4.79. The van der Waals surface area contributed by atoms with Gasteiger partial charge in [-0.1, -0.05) is 35.6 Å². The van der Waals surface area contributed by atoms with Crippen LogP contribution in [-0.2, 0) is 0 Å². The summed E-state index contributed by atoms with van der Waals surface area (Å²) in [6, 6.07) is 15.8. The van der Waals surface area contributed by atoms with Gasteiger partial charge in [0.25, 0.3) is 0 Å².